The van der Waals surface area contributed by atoms with Gasteiger partial charge in [0.25, 0.3) is 0 Å². The summed E-state index contributed by atoms with van der Waals surface area (Å²) in [7, 11) is 1.99. The number of unbranched alkanes of at least 4 members (excludes halogenated alkanes) is 2. The van der Waals surface area contributed by atoms with Gasteiger partial charge in [0, 0.05) is 41.5 Å². The predicted molar refractivity (Wildman–Crippen MR) is 144 cm³/mol. The lowest BCUT2D eigenvalue weighted by Crippen LogP contribution is -2.24. The van der Waals surface area contributed by atoms with Gasteiger partial charge in [-0.15, -0.1) is 0 Å². The van der Waals surface area contributed by atoms with Gasteiger partial charge < -0.3 is 19.4 Å². The van der Waals surface area contributed by atoms with Crippen molar-refractivity contribution in [3.63, 3.8) is 0 Å². The Balaban J connectivity index is 1.74. The summed E-state index contributed by atoms with van der Waals surface area (Å²) in [5.74, 6) is 1.82. The van der Waals surface area contributed by atoms with Crippen LogP contribution in [0.4, 0.5) is 10.5 Å². The molecule has 3 rings (SSSR count). The number of amides is 2. The van der Waals surface area contributed by atoms with Crippen molar-refractivity contribution in [2.24, 2.45) is 12.1 Å². The Labute approximate surface area is 208 Å². The first-order chi connectivity index (χ1) is 16.9. The van der Waals surface area contributed by atoms with Crippen LogP contribution in [0.25, 0.3) is 10.9 Å². The lowest BCUT2D eigenvalue weighted by molar-refractivity contribution is 0.252. The highest BCUT2D eigenvalue weighted by Crippen LogP contribution is 2.33. The van der Waals surface area contributed by atoms with E-state index in [1.807, 2.05) is 54.2 Å². The zero-order valence-corrected chi connectivity index (χ0v) is 21.6. The summed E-state index contributed by atoms with van der Waals surface area (Å²) in [6, 6.07) is 11.4. The second kappa shape index (κ2) is 12.8. The van der Waals surface area contributed by atoms with Gasteiger partial charge in [0.1, 0.15) is 11.5 Å². The molecular formula is C28H38N4O3. The van der Waals surface area contributed by atoms with Gasteiger partial charge in [-0.3, -0.25) is 0 Å². The van der Waals surface area contributed by atoms with Crippen LogP contribution in [0.1, 0.15) is 70.4 Å². The molecule has 2 N–H and O–H groups in total. The van der Waals surface area contributed by atoms with Gasteiger partial charge >= 0.3 is 6.03 Å². The second-order valence-electron chi connectivity index (χ2n) is 9.01. The zero-order chi connectivity index (χ0) is 25.2. The molecule has 7 nitrogen and oxygen atoms in total. The number of carbonyl (C=O) groups is 1. The minimum absolute atomic E-state index is 0.271. The summed E-state index contributed by atoms with van der Waals surface area (Å²) in [5.41, 5.74) is 6.26. The van der Waals surface area contributed by atoms with Gasteiger partial charge in [0.2, 0.25) is 0 Å². The third-order valence-electron chi connectivity index (χ3n) is 5.79. The molecule has 0 radical (unpaired) electrons. The van der Waals surface area contributed by atoms with E-state index in [0.717, 1.165) is 53.5 Å². The molecular weight excluding hydrogens is 440 g/mol. The van der Waals surface area contributed by atoms with Crippen molar-refractivity contribution < 1.29 is 14.3 Å². The Morgan fingerprint density at radius 2 is 1.74 bits per heavy atom. The summed E-state index contributed by atoms with van der Waals surface area (Å²) < 4.78 is 14.2. The fourth-order valence-electron chi connectivity index (χ4n) is 3.73. The number of benzene rings is 2. The van der Waals surface area contributed by atoms with Crippen molar-refractivity contribution in [2.45, 2.75) is 59.3 Å². The smallest absolute Gasteiger partial charge is 0.339 e. The average molecular weight is 479 g/mol. The molecule has 35 heavy (non-hydrogen) atoms. The highest BCUT2D eigenvalue weighted by Gasteiger charge is 2.14. The van der Waals surface area contributed by atoms with E-state index >= 15 is 0 Å². The van der Waals surface area contributed by atoms with Crippen molar-refractivity contribution in [3.8, 4) is 11.5 Å². The molecule has 188 valence electrons. The lowest BCUT2D eigenvalue weighted by Gasteiger charge is -2.18. The Hall–Kier alpha value is -3.48. The predicted octanol–water partition coefficient (Wildman–Crippen LogP) is 6.82. The number of carbonyl (C=O) groups excluding carboxylic acids is 1. The van der Waals surface area contributed by atoms with E-state index < -0.39 is 6.03 Å². The maximum absolute atomic E-state index is 12.4. The molecule has 7 heteroatoms. The average Bonchev–Trinajstić information content (AvgIpc) is 3.20. The molecule has 1 heterocycles. The Kier molecular flexibility index (Phi) is 9.58. The summed E-state index contributed by atoms with van der Waals surface area (Å²) in [6.45, 7) is 9.84. The molecule has 2 amide bonds. The maximum Gasteiger partial charge on any atom is 0.339 e. The molecule has 0 bridgehead atoms. The molecule has 1 aromatic heterocycles. The van der Waals surface area contributed by atoms with Crippen LogP contribution in [0.15, 0.2) is 47.7 Å². The fraction of sp³-hybridized carbons (Fsp3) is 0.429. The van der Waals surface area contributed by atoms with E-state index in [2.05, 4.69) is 43.5 Å². The monoisotopic (exact) mass is 478 g/mol. The van der Waals surface area contributed by atoms with Gasteiger partial charge in [-0.25, -0.2) is 10.2 Å². The largest absolute Gasteiger partial charge is 0.493 e. The standard InChI is InChI=1S/C28H38N4O3/c1-6-8-14-34-26-18-27(35-15-9-7-2)24(20(3)4)17-22(26)19-29-31-28(33)30-23-10-11-25-21(16-23)12-13-32(25)5/h10-13,16-20H,6-9,14-15H2,1-5H3,(H2,30,31,33)/b29-19+. The summed E-state index contributed by atoms with van der Waals surface area (Å²) >= 11 is 0. The second-order valence-corrected chi connectivity index (χ2v) is 9.01. The van der Waals surface area contributed by atoms with Gasteiger partial charge in [0.15, 0.2) is 0 Å². The van der Waals surface area contributed by atoms with Crippen molar-refractivity contribution in [2.75, 3.05) is 18.5 Å². The Bertz CT molecular complexity index is 1150. The fourth-order valence-corrected chi connectivity index (χ4v) is 3.73. The van der Waals surface area contributed by atoms with Gasteiger partial charge in [-0.05, 0) is 54.7 Å². The summed E-state index contributed by atoms with van der Waals surface area (Å²) in [4.78, 5) is 12.4. The van der Waals surface area contributed by atoms with Crippen LogP contribution in [-0.4, -0.2) is 30.0 Å². The molecule has 0 atom stereocenters. The third kappa shape index (κ3) is 7.25. The molecule has 0 aliphatic heterocycles. The minimum Gasteiger partial charge on any atom is -0.493 e. The van der Waals surface area contributed by atoms with Gasteiger partial charge in [-0.1, -0.05) is 40.5 Å². The van der Waals surface area contributed by atoms with Crippen LogP contribution >= 0.6 is 0 Å². The van der Waals surface area contributed by atoms with Crippen LogP contribution < -0.4 is 20.2 Å². The first kappa shape index (κ1) is 26.1. The number of hydrogen-bond acceptors (Lipinski definition) is 4. The van der Waals surface area contributed by atoms with Crippen molar-refractivity contribution in [1.29, 1.82) is 0 Å². The van der Waals surface area contributed by atoms with Crippen LogP contribution in [0.5, 0.6) is 11.5 Å². The highest BCUT2D eigenvalue weighted by atomic mass is 16.5. The van der Waals surface area contributed by atoms with Crippen LogP contribution in [0.3, 0.4) is 0 Å². The molecule has 0 saturated heterocycles. The number of urea groups is 1. The number of aromatic nitrogens is 1. The number of rotatable bonds is 12. The zero-order valence-electron chi connectivity index (χ0n) is 21.6. The molecule has 2 aromatic carbocycles. The number of aryl methyl sites for hydroxylation is 1. The Morgan fingerprint density at radius 3 is 2.43 bits per heavy atom. The van der Waals surface area contributed by atoms with E-state index in [4.69, 9.17) is 9.47 Å². The number of hydrogen-bond donors (Lipinski definition) is 2. The van der Waals surface area contributed by atoms with Crippen molar-refractivity contribution >= 4 is 28.8 Å². The topological polar surface area (TPSA) is 76.9 Å². The number of nitrogens with zero attached hydrogens (tertiary/aromatic N) is 2. The van der Waals surface area contributed by atoms with Crippen LogP contribution in [0, 0.1) is 0 Å². The maximum atomic E-state index is 12.4. The summed E-state index contributed by atoms with van der Waals surface area (Å²) in [6.07, 6.45) is 7.70. The molecule has 0 aliphatic rings. The van der Waals surface area contributed by atoms with E-state index in [-0.39, 0.29) is 5.92 Å². The molecule has 0 spiro atoms. The number of ether oxygens (including phenoxy) is 2. The van der Waals surface area contributed by atoms with Crippen LogP contribution in [0.2, 0.25) is 0 Å². The normalized spacial score (nSPS) is 11.4. The summed E-state index contributed by atoms with van der Waals surface area (Å²) in [5, 5.41) is 8.08. The van der Waals surface area contributed by atoms with Crippen molar-refractivity contribution in [1.82, 2.24) is 9.99 Å². The number of hydrazone groups is 1. The van der Waals surface area contributed by atoms with Gasteiger partial charge in [-0.2, -0.15) is 5.10 Å². The number of fused-ring (bicyclic) bond motifs is 1. The number of nitrogens with one attached hydrogen (secondary N) is 2. The van der Waals surface area contributed by atoms with Gasteiger partial charge in [0.05, 0.1) is 19.4 Å². The van der Waals surface area contributed by atoms with E-state index in [9.17, 15) is 4.79 Å². The first-order valence-electron chi connectivity index (χ1n) is 12.5. The SMILES string of the molecule is CCCCOc1cc(OCCCC)c(C(C)C)cc1/C=N/NC(=O)Nc1ccc2c(ccn2C)c1. The van der Waals surface area contributed by atoms with Crippen LogP contribution in [-0.2, 0) is 7.05 Å². The van der Waals surface area contributed by atoms with Crippen molar-refractivity contribution in [3.05, 3.63) is 53.7 Å². The minimum atomic E-state index is -0.409. The lowest BCUT2D eigenvalue weighted by atomic mass is 9.99. The quantitative estimate of drug-likeness (QED) is 0.170. The third-order valence-corrected chi connectivity index (χ3v) is 5.79. The molecule has 0 unspecified atom stereocenters. The molecule has 0 fully saturated rings. The van der Waals surface area contributed by atoms with E-state index in [1.54, 1.807) is 6.21 Å². The van der Waals surface area contributed by atoms with E-state index in [0.29, 0.717) is 24.7 Å². The Morgan fingerprint density at radius 1 is 1.03 bits per heavy atom. The molecule has 3 aromatic rings. The highest BCUT2D eigenvalue weighted by molar-refractivity contribution is 5.94. The first-order valence-corrected chi connectivity index (χ1v) is 12.5. The number of anilines is 1. The van der Waals surface area contributed by atoms with E-state index in [1.165, 1.54) is 0 Å². The molecule has 0 saturated carbocycles. The molecule has 0 aliphatic carbocycles.